The van der Waals surface area contributed by atoms with Gasteiger partial charge in [-0.2, -0.15) is 9.61 Å². The van der Waals surface area contributed by atoms with Gasteiger partial charge in [0.2, 0.25) is 0 Å². The van der Waals surface area contributed by atoms with E-state index in [0.717, 1.165) is 53.0 Å². The van der Waals surface area contributed by atoms with E-state index in [1.807, 2.05) is 28.8 Å². The van der Waals surface area contributed by atoms with Crippen molar-refractivity contribution in [1.29, 1.82) is 0 Å². The van der Waals surface area contributed by atoms with E-state index in [4.69, 9.17) is 19.6 Å². The molecule has 1 saturated heterocycles. The molecule has 0 unspecified atom stereocenters. The number of hydrogen-bond acceptors (Lipinski definition) is 5. The van der Waals surface area contributed by atoms with Crippen molar-refractivity contribution in [3.05, 3.63) is 35.5 Å². The van der Waals surface area contributed by atoms with Crippen molar-refractivity contribution in [2.45, 2.75) is 34.1 Å². The van der Waals surface area contributed by atoms with Gasteiger partial charge in [0, 0.05) is 42.0 Å². The van der Waals surface area contributed by atoms with Gasteiger partial charge >= 0.3 is 0 Å². The average molecular weight is 395 g/mol. The van der Waals surface area contributed by atoms with Crippen molar-refractivity contribution < 1.29 is 9.47 Å². The molecule has 0 aliphatic carbocycles. The largest absolute Gasteiger partial charge is 0.497 e. The first-order chi connectivity index (χ1) is 13.9. The van der Waals surface area contributed by atoms with Crippen LogP contribution in [-0.4, -0.2) is 41.9 Å². The minimum absolute atomic E-state index is 0.666. The Balaban J connectivity index is 1.86. The van der Waals surface area contributed by atoms with Gasteiger partial charge in [-0.1, -0.05) is 13.8 Å². The summed E-state index contributed by atoms with van der Waals surface area (Å²) in [6.45, 7) is 11.0. The maximum Gasteiger partial charge on any atom is 0.158 e. The molecule has 3 heterocycles. The van der Waals surface area contributed by atoms with Gasteiger partial charge in [0.1, 0.15) is 17.3 Å². The molecule has 29 heavy (non-hydrogen) atoms. The van der Waals surface area contributed by atoms with Crippen molar-refractivity contribution in [2.24, 2.45) is 11.8 Å². The molecular weight excluding hydrogens is 364 g/mol. The SMILES string of the molecule is COc1cc(OC)cc(-c2cc3nc(C)c(C)c(N4C[C@H](C)C[C@@H](C)C4)n3n2)c1. The zero-order valence-electron chi connectivity index (χ0n) is 18.2. The zero-order chi connectivity index (χ0) is 20.7. The van der Waals surface area contributed by atoms with E-state index in [9.17, 15) is 0 Å². The lowest BCUT2D eigenvalue weighted by atomic mass is 9.91. The Hall–Kier alpha value is -2.76. The minimum Gasteiger partial charge on any atom is -0.497 e. The number of methoxy groups -OCH3 is 2. The topological polar surface area (TPSA) is 51.9 Å². The van der Waals surface area contributed by atoms with Crippen LogP contribution < -0.4 is 14.4 Å². The Morgan fingerprint density at radius 1 is 0.931 bits per heavy atom. The van der Waals surface area contributed by atoms with Crippen LogP contribution >= 0.6 is 0 Å². The van der Waals surface area contributed by atoms with Gasteiger partial charge in [-0.3, -0.25) is 0 Å². The number of rotatable bonds is 4. The molecule has 4 rings (SSSR count). The summed E-state index contributed by atoms with van der Waals surface area (Å²) in [5.41, 5.74) is 4.92. The number of piperidine rings is 1. The fourth-order valence-electron chi connectivity index (χ4n) is 4.49. The number of nitrogens with zero attached hydrogens (tertiary/aromatic N) is 4. The molecule has 0 amide bonds. The van der Waals surface area contributed by atoms with Crippen LogP contribution in [0.4, 0.5) is 5.82 Å². The Morgan fingerprint density at radius 2 is 1.55 bits per heavy atom. The smallest absolute Gasteiger partial charge is 0.158 e. The third-order valence-electron chi connectivity index (χ3n) is 5.87. The van der Waals surface area contributed by atoms with E-state index in [0.29, 0.717) is 11.8 Å². The van der Waals surface area contributed by atoms with Gasteiger partial charge < -0.3 is 14.4 Å². The summed E-state index contributed by atoms with van der Waals surface area (Å²) in [6.07, 6.45) is 1.27. The molecule has 1 aliphatic rings. The third kappa shape index (κ3) is 3.63. The van der Waals surface area contributed by atoms with Crippen molar-refractivity contribution in [2.75, 3.05) is 32.2 Å². The summed E-state index contributed by atoms with van der Waals surface area (Å²) in [4.78, 5) is 7.30. The molecule has 2 aromatic heterocycles. The van der Waals surface area contributed by atoms with Crippen LogP contribution in [0.25, 0.3) is 16.9 Å². The van der Waals surface area contributed by atoms with E-state index in [2.05, 4.69) is 32.6 Å². The quantitative estimate of drug-likeness (QED) is 0.652. The van der Waals surface area contributed by atoms with Crippen molar-refractivity contribution >= 4 is 11.5 Å². The summed E-state index contributed by atoms with van der Waals surface area (Å²) < 4.78 is 12.9. The van der Waals surface area contributed by atoms with Gasteiger partial charge in [0.25, 0.3) is 0 Å². The maximum atomic E-state index is 5.44. The van der Waals surface area contributed by atoms with Crippen molar-refractivity contribution in [3.63, 3.8) is 0 Å². The first-order valence-electron chi connectivity index (χ1n) is 10.2. The third-order valence-corrected chi connectivity index (χ3v) is 5.87. The van der Waals surface area contributed by atoms with E-state index < -0.39 is 0 Å². The fourth-order valence-corrected chi connectivity index (χ4v) is 4.49. The number of aromatic nitrogens is 3. The predicted octanol–water partition coefficient (Wildman–Crippen LogP) is 4.51. The van der Waals surface area contributed by atoms with Crippen molar-refractivity contribution in [1.82, 2.24) is 14.6 Å². The number of ether oxygens (including phenoxy) is 2. The van der Waals surface area contributed by atoms with E-state index >= 15 is 0 Å². The number of anilines is 1. The van der Waals surface area contributed by atoms with E-state index in [1.165, 1.54) is 12.0 Å². The summed E-state index contributed by atoms with van der Waals surface area (Å²) in [7, 11) is 3.32. The molecule has 1 aliphatic heterocycles. The van der Waals surface area contributed by atoms with Crippen LogP contribution in [-0.2, 0) is 0 Å². The van der Waals surface area contributed by atoms with Crippen LogP contribution in [0.5, 0.6) is 11.5 Å². The number of fused-ring (bicyclic) bond motifs is 1. The van der Waals surface area contributed by atoms with Gasteiger partial charge in [-0.15, -0.1) is 0 Å². The fraction of sp³-hybridized carbons (Fsp3) is 0.478. The molecule has 1 aromatic carbocycles. The van der Waals surface area contributed by atoms with Crippen LogP contribution in [0, 0.1) is 25.7 Å². The van der Waals surface area contributed by atoms with E-state index in [-0.39, 0.29) is 0 Å². The summed E-state index contributed by atoms with van der Waals surface area (Å²) in [5.74, 6) is 3.98. The van der Waals surface area contributed by atoms with Gasteiger partial charge in [0.15, 0.2) is 5.65 Å². The first-order valence-corrected chi connectivity index (χ1v) is 10.2. The van der Waals surface area contributed by atoms with E-state index in [1.54, 1.807) is 14.2 Å². The Kier molecular flexibility index (Phi) is 5.11. The summed E-state index contributed by atoms with van der Waals surface area (Å²) in [5, 5.41) is 4.96. The lowest BCUT2D eigenvalue weighted by Gasteiger charge is -2.37. The molecule has 0 N–H and O–H groups in total. The molecule has 1 fully saturated rings. The second-order valence-corrected chi connectivity index (χ2v) is 8.40. The highest BCUT2D eigenvalue weighted by molar-refractivity contribution is 5.69. The standard InChI is InChI=1S/C23H30N4O2/c1-14-7-15(2)13-26(12-14)23-16(3)17(4)24-22-11-21(25-27(22)23)18-8-19(28-5)10-20(9-18)29-6/h8-11,14-15H,7,12-13H2,1-6H3/t14-,15-/m1/s1. The monoisotopic (exact) mass is 394 g/mol. The number of aryl methyl sites for hydroxylation is 1. The zero-order valence-corrected chi connectivity index (χ0v) is 18.2. The molecule has 0 radical (unpaired) electrons. The maximum absolute atomic E-state index is 5.44. The van der Waals surface area contributed by atoms with Gasteiger partial charge in [0.05, 0.1) is 19.9 Å². The van der Waals surface area contributed by atoms with Crippen LogP contribution in [0.1, 0.15) is 31.5 Å². The Morgan fingerprint density at radius 3 is 2.14 bits per heavy atom. The second kappa shape index (κ2) is 7.58. The number of benzene rings is 1. The molecule has 3 aromatic rings. The lowest BCUT2D eigenvalue weighted by molar-refractivity contribution is 0.354. The van der Waals surface area contributed by atoms with Crippen LogP contribution in [0.15, 0.2) is 24.3 Å². The Labute approximate surface area is 172 Å². The van der Waals surface area contributed by atoms with Crippen molar-refractivity contribution in [3.8, 4) is 22.8 Å². The Bertz CT molecular complexity index is 1010. The average Bonchev–Trinajstić information content (AvgIpc) is 3.10. The molecule has 0 spiro atoms. The normalized spacial score (nSPS) is 19.6. The minimum atomic E-state index is 0.666. The first kappa shape index (κ1) is 19.6. The highest BCUT2D eigenvalue weighted by Gasteiger charge is 2.26. The number of hydrogen-bond donors (Lipinski definition) is 0. The molecule has 6 heteroatoms. The summed E-state index contributed by atoms with van der Waals surface area (Å²) in [6, 6.07) is 7.87. The van der Waals surface area contributed by atoms with Crippen LogP contribution in [0.3, 0.4) is 0 Å². The molecular formula is C23H30N4O2. The summed E-state index contributed by atoms with van der Waals surface area (Å²) >= 11 is 0. The lowest BCUT2D eigenvalue weighted by Crippen LogP contribution is -2.40. The molecule has 154 valence electrons. The molecule has 6 nitrogen and oxygen atoms in total. The highest BCUT2D eigenvalue weighted by Crippen LogP contribution is 2.33. The highest BCUT2D eigenvalue weighted by atomic mass is 16.5. The second-order valence-electron chi connectivity index (χ2n) is 8.40. The molecule has 0 bridgehead atoms. The molecule has 2 atom stereocenters. The predicted molar refractivity (Wildman–Crippen MR) is 116 cm³/mol. The molecule has 0 saturated carbocycles. The van der Waals surface area contributed by atoms with Crippen LogP contribution in [0.2, 0.25) is 0 Å². The van der Waals surface area contributed by atoms with Gasteiger partial charge in [-0.25, -0.2) is 4.98 Å². The van der Waals surface area contributed by atoms with Gasteiger partial charge in [-0.05, 0) is 44.2 Å².